The third kappa shape index (κ3) is 3.84. The fraction of sp³-hybridized carbons (Fsp3) is 0.0952. The van der Waals surface area contributed by atoms with Crippen molar-refractivity contribution in [3.05, 3.63) is 89.0 Å². The highest BCUT2D eigenvalue weighted by Gasteiger charge is 2.34. The fourth-order valence-corrected chi connectivity index (χ4v) is 4.22. The van der Waals surface area contributed by atoms with Crippen LogP contribution in [-0.4, -0.2) is 11.7 Å². The summed E-state index contributed by atoms with van der Waals surface area (Å²) in [5.74, 6) is -0.407. The maximum Gasteiger partial charge on any atom is 0.238 e. The average Bonchev–Trinajstić information content (AvgIpc) is 3.08. The minimum absolute atomic E-state index is 0.0916. The van der Waals surface area contributed by atoms with E-state index < -0.39 is 17.0 Å². The van der Waals surface area contributed by atoms with Crippen molar-refractivity contribution in [2.75, 3.05) is 10.7 Å². The Labute approximate surface area is 169 Å². The van der Waals surface area contributed by atoms with Crippen LogP contribution in [0.4, 0.5) is 14.5 Å². The summed E-state index contributed by atoms with van der Waals surface area (Å²) in [6, 6.07) is 17.7. The first-order valence-corrected chi connectivity index (χ1v) is 9.86. The zero-order valence-electron chi connectivity index (χ0n) is 14.4. The number of carbonyl (C=O) groups is 1. The molecule has 0 aliphatic carbocycles. The smallest absolute Gasteiger partial charge is 0.238 e. The summed E-state index contributed by atoms with van der Waals surface area (Å²) in [5, 5.41) is 0.210. The Balaban J connectivity index is 1.56. The highest BCUT2D eigenvalue weighted by Crippen LogP contribution is 2.42. The van der Waals surface area contributed by atoms with E-state index in [2.05, 4.69) is 0 Å². The summed E-state index contributed by atoms with van der Waals surface area (Å²) in [6.07, 6.45) is 0. The molecule has 3 nitrogen and oxygen atoms in total. The Morgan fingerprint density at radius 3 is 2.21 bits per heavy atom. The molecule has 28 heavy (non-hydrogen) atoms. The first-order chi connectivity index (χ1) is 13.5. The number of thioether (sulfide) groups is 1. The van der Waals surface area contributed by atoms with Crippen LogP contribution in [0.1, 0.15) is 10.9 Å². The lowest BCUT2D eigenvalue weighted by atomic mass is 10.1. The average molecular weight is 418 g/mol. The predicted molar refractivity (Wildman–Crippen MR) is 107 cm³/mol. The van der Waals surface area contributed by atoms with Gasteiger partial charge in [-0.25, -0.2) is 8.78 Å². The maximum atomic E-state index is 13.6. The highest BCUT2D eigenvalue weighted by molar-refractivity contribution is 8.00. The number of halogens is 3. The Morgan fingerprint density at radius 2 is 1.57 bits per heavy atom. The molecule has 0 bridgehead atoms. The lowest BCUT2D eigenvalue weighted by Gasteiger charge is -2.24. The van der Waals surface area contributed by atoms with Gasteiger partial charge < -0.3 is 4.74 Å². The second kappa shape index (κ2) is 7.81. The molecule has 1 amide bonds. The van der Waals surface area contributed by atoms with Gasteiger partial charge in [0.15, 0.2) is 11.6 Å². The number of hydrogen-bond acceptors (Lipinski definition) is 3. The molecule has 3 aromatic carbocycles. The van der Waals surface area contributed by atoms with Crippen LogP contribution in [-0.2, 0) is 4.79 Å². The topological polar surface area (TPSA) is 29.5 Å². The van der Waals surface area contributed by atoms with E-state index >= 15 is 0 Å². The van der Waals surface area contributed by atoms with Gasteiger partial charge in [0.25, 0.3) is 0 Å². The number of benzene rings is 3. The van der Waals surface area contributed by atoms with Gasteiger partial charge >= 0.3 is 0 Å². The van der Waals surface area contributed by atoms with E-state index in [-0.39, 0.29) is 11.7 Å². The van der Waals surface area contributed by atoms with Crippen molar-refractivity contribution in [2.24, 2.45) is 0 Å². The summed E-state index contributed by atoms with van der Waals surface area (Å²) in [5.41, 5.74) is 1.20. The standard InChI is InChI=1S/C21H14ClF2NO2S/c22-14-2-6-16(7-3-14)27-17-8-4-15(5-9-17)25-20(26)12-28-21(25)13-1-10-18(23)19(24)11-13/h1-11,21H,12H2/t21-/m0/s1. The summed E-state index contributed by atoms with van der Waals surface area (Å²) in [4.78, 5) is 14.0. The maximum absolute atomic E-state index is 13.6. The lowest BCUT2D eigenvalue weighted by Crippen LogP contribution is -2.27. The molecule has 1 saturated heterocycles. The SMILES string of the molecule is O=C1CS[C@@H](c2ccc(F)c(F)c2)N1c1ccc(Oc2ccc(Cl)cc2)cc1. The van der Waals surface area contributed by atoms with Crippen LogP contribution in [0.25, 0.3) is 0 Å². The van der Waals surface area contributed by atoms with Gasteiger partial charge in [0.05, 0.1) is 5.75 Å². The van der Waals surface area contributed by atoms with Crippen LogP contribution in [0.2, 0.25) is 5.02 Å². The minimum atomic E-state index is -0.927. The van der Waals surface area contributed by atoms with Gasteiger partial charge in [0, 0.05) is 10.7 Å². The van der Waals surface area contributed by atoms with Crippen LogP contribution in [0.15, 0.2) is 66.7 Å². The first kappa shape index (κ1) is 18.8. The van der Waals surface area contributed by atoms with Crippen molar-refractivity contribution >= 4 is 35.0 Å². The number of rotatable bonds is 4. The quantitative estimate of drug-likeness (QED) is 0.507. The molecule has 0 N–H and O–H groups in total. The predicted octanol–water partition coefficient (Wildman–Crippen LogP) is 6.19. The second-order valence-electron chi connectivity index (χ2n) is 6.15. The Hall–Kier alpha value is -2.57. The lowest BCUT2D eigenvalue weighted by molar-refractivity contribution is -0.115. The molecular formula is C21H14ClF2NO2S. The van der Waals surface area contributed by atoms with Gasteiger partial charge in [-0.2, -0.15) is 0 Å². The van der Waals surface area contributed by atoms with Gasteiger partial charge in [0.2, 0.25) is 5.91 Å². The van der Waals surface area contributed by atoms with E-state index in [1.807, 2.05) is 0 Å². The van der Waals surface area contributed by atoms with Crippen LogP contribution >= 0.6 is 23.4 Å². The van der Waals surface area contributed by atoms with E-state index in [0.717, 1.165) is 12.1 Å². The molecule has 0 spiro atoms. The van der Waals surface area contributed by atoms with Crippen LogP contribution < -0.4 is 9.64 Å². The zero-order chi connectivity index (χ0) is 19.7. The molecule has 0 saturated carbocycles. The molecule has 0 radical (unpaired) electrons. The van der Waals surface area contributed by atoms with Crippen LogP contribution in [0.3, 0.4) is 0 Å². The number of ether oxygens (including phenoxy) is 1. The van der Waals surface area contributed by atoms with Crippen molar-refractivity contribution in [2.45, 2.75) is 5.37 Å². The molecule has 1 fully saturated rings. The van der Waals surface area contributed by atoms with E-state index in [1.165, 1.54) is 17.8 Å². The van der Waals surface area contributed by atoms with Gasteiger partial charge in [-0.15, -0.1) is 11.8 Å². The first-order valence-electron chi connectivity index (χ1n) is 8.43. The highest BCUT2D eigenvalue weighted by atomic mass is 35.5. The summed E-state index contributed by atoms with van der Waals surface area (Å²) in [7, 11) is 0. The van der Waals surface area contributed by atoms with Crippen molar-refractivity contribution in [3.63, 3.8) is 0 Å². The normalized spacial score (nSPS) is 16.5. The van der Waals surface area contributed by atoms with Crippen LogP contribution in [0.5, 0.6) is 11.5 Å². The third-order valence-corrected chi connectivity index (χ3v) is 5.73. The molecule has 1 aliphatic rings. The molecule has 3 aromatic rings. The second-order valence-corrected chi connectivity index (χ2v) is 7.66. The van der Waals surface area contributed by atoms with E-state index in [1.54, 1.807) is 53.4 Å². The molecule has 7 heteroatoms. The molecule has 1 heterocycles. The third-order valence-electron chi connectivity index (χ3n) is 4.26. The Kier molecular flexibility index (Phi) is 5.24. The number of anilines is 1. The number of amides is 1. The molecular weight excluding hydrogens is 404 g/mol. The van der Waals surface area contributed by atoms with E-state index in [9.17, 15) is 13.6 Å². The van der Waals surface area contributed by atoms with E-state index in [4.69, 9.17) is 16.3 Å². The van der Waals surface area contributed by atoms with Gasteiger partial charge in [0.1, 0.15) is 16.9 Å². The Bertz CT molecular complexity index is 1010. The monoisotopic (exact) mass is 417 g/mol. The van der Waals surface area contributed by atoms with Crippen molar-refractivity contribution in [3.8, 4) is 11.5 Å². The molecule has 1 atom stereocenters. The van der Waals surface area contributed by atoms with Crippen LogP contribution in [0, 0.1) is 11.6 Å². The summed E-state index contributed by atoms with van der Waals surface area (Å²) in [6.45, 7) is 0. The van der Waals surface area contributed by atoms with Gasteiger partial charge in [-0.3, -0.25) is 9.69 Å². The Morgan fingerprint density at radius 1 is 0.929 bits per heavy atom. The molecule has 4 rings (SSSR count). The van der Waals surface area contributed by atoms with Gasteiger partial charge in [-0.1, -0.05) is 17.7 Å². The number of hydrogen-bond donors (Lipinski definition) is 0. The van der Waals surface area contributed by atoms with Gasteiger partial charge in [-0.05, 0) is 66.2 Å². The number of nitrogens with zero attached hydrogens (tertiary/aromatic N) is 1. The zero-order valence-corrected chi connectivity index (χ0v) is 16.0. The fourth-order valence-electron chi connectivity index (χ4n) is 2.93. The summed E-state index contributed by atoms with van der Waals surface area (Å²) < 4.78 is 32.6. The van der Waals surface area contributed by atoms with Crippen molar-refractivity contribution < 1.29 is 18.3 Å². The molecule has 1 aliphatic heterocycles. The molecule has 0 unspecified atom stereocenters. The van der Waals surface area contributed by atoms with Crippen molar-refractivity contribution in [1.29, 1.82) is 0 Å². The molecule has 142 valence electrons. The number of carbonyl (C=O) groups excluding carboxylic acids is 1. The summed E-state index contributed by atoms with van der Waals surface area (Å²) >= 11 is 7.24. The van der Waals surface area contributed by atoms with Crippen molar-refractivity contribution in [1.82, 2.24) is 0 Å². The largest absolute Gasteiger partial charge is 0.457 e. The molecule has 0 aromatic heterocycles. The van der Waals surface area contributed by atoms with E-state index in [0.29, 0.717) is 27.8 Å². The minimum Gasteiger partial charge on any atom is -0.457 e.